The monoisotopic (exact) mass is 215 g/mol. The Balaban J connectivity index is 2.24. The minimum atomic E-state index is 0.0401. The zero-order chi connectivity index (χ0) is 11.5. The van der Waals surface area contributed by atoms with Crippen molar-refractivity contribution >= 4 is 5.69 Å². The minimum Gasteiger partial charge on any atom is -0.368 e. The fourth-order valence-corrected chi connectivity index (χ4v) is 2.26. The summed E-state index contributed by atoms with van der Waals surface area (Å²) >= 11 is 0. The Labute approximate surface area is 96.5 Å². The summed E-state index contributed by atoms with van der Waals surface area (Å²) in [6.07, 6.45) is 0.938. The van der Waals surface area contributed by atoms with Crippen LogP contribution in [0.5, 0.6) is 0 Å². The Bertz CT molecular complexity index is 408. The van der Waals surface area contributed by atoms with E-state index in [0.29, 0.717) is 0 Å². The Morgan fingerprint density at radius 1 is 1.56 bits per heavy atom. The smallest absolute Gasteiger partial charge is 0.0671 e. The molecule has 0 fully saturated rings. The Morgan fingerprint density at radius 3 is 3.06 bits per heavy atom. The SMILES string of the molecule is CC(C#N)CN1CC(N)Cc2ccccc21. The van der Waals surface area contributed by atoms with Crippen molar-refractivity contribution in [1.82, 2.24) is 0 Å². The number of fused-ring (bicyclic) bond motifs is 1. The van der Waals surface area contributed by atoms with Gasteiger partial charge in [0.2, 0.25) is 0 Å². The Morgan fingerprint density at radius 2 is 2.31 bits per heavy atom. The third-order valence-corrected chi connectivity index (χ3v) is 2.98. The van der Waals surface area contributed by atoms with Gasteiger partial charge in [0.15, 0.2) is 0 Å². The van der Waals surface area contributed by atoms with Crippen LogP contribution < -0.4 is 10.6 Å². The molecule has 3 nitrogen and oxygen atoms in total. The van der Waals surface area contributed by atoms with E-state index in [4.69, 9.17) is 11.0 Å². The zero-order valence-electron chi connectivity index (χ0n) is 9.56. The average Bonchev–Trinajstić information content (AvgIpc) is 2.28. The highest BCUT2D eigenvalue weighted by Gasteiger charge is 2.22. The first-order chi connectivity index (χ1) is 7.70. The van der Waals surface area contributed by atoms with Gasteiger partial charge in [0.25, 0.3) is 0 Å². The fourth-order valence-electron chi connectivity index (χ4n) is 2.26. The van der Waals surface area contributed by atoms with Crippen molar-refractivity contribution in [2.24, 2.45) is 11.7 Å². The van der Waals surface area contributed by atoms with Crippen LogP contribution in [0.25, 0.3) is 0 Å². The third kappa shape index (κ3) is 2.17. The highest BCUT2D eigenvalue weighted by atomic mass is 15.2. The Hall–Kier alpha value is -1.53. The van der Waals surface area contributed by atoms with Crippen molar-refractivity contribution in [2.75, 3.05) is 18.0 Å². The number of hydrogen-bond donors (Lipinski definition) is 1. The highest BCUT2D eigenvalue weighted by molar-refractivity contribution is 5.56. The molecule has 0 aliphatic carbocycles. The molecule has 2 N–H and O–H groups in total. The molecule has 0 spiro atoms. The lowest BCUT2D eigenvalue weighted by molar-refractivity contribution is 0.571. The van der Waals surface area contributed by atoms with Gasteiger partial charge in [-0.05, 0) is 25.0 Å². The van der Waals surface area contributed by atoms with Gasteiger partial charge in [-0.3, -0.25) is 0 Å². The summed E-state index contributed by atoms with van der Waals surface area (Å²) < 4.78 is 0. The number of anilines is 1. The molecule has 0 saturated carbocycles. The van der Waals surface area contributed by atoms with E-state index in [1.54, 1.807) is 0 Å². The van der Waals surface area contributed by atoms with E-state index in [1.807, 2.05) is 19.1 Å². The van der Waals surface area contributed by atoms with Gasteiger partial charge in [0.05, 0.1) is 12.0 Å². The lowest BCUT2D eigenvalue weighted by Gasteiger charge is -2.35. The van der Waals surface area contributed by atoms with Crippen molar-refractivity contribution < 1.29 is 0 Å². The van der Waals surface area contributed by atoms with Crippen molar-refractivity contribution in [3.8, 4) is 6.07 Å². The topological polar surface area (TPSA) is 53.0 Å². The normalized spacial score (nSPS) is 21.1. The standard InChI is InChI=1S/C13H17N3/c1-10(7-14)8-16-9-12(15)6-11-4-2-3-5-13(11)16/h2-5,10,12H,6,8-9,15H2,1H3. The van der Waals surface area contributed by atoms with Crippen LogP contribution >= 0.6 is 0 Å². The van der Waals surface area contributed by atoms with Gasteiger partial charge in [0.1, 0.15) is 0 Å². The largest absolute Gasteiger partial charge is 0.368 e. The van der Waals surface area contributed by atoms with Crippen LogP contribution in [0, 0.1) is 17.2 Å². The number of hydrogen-bond acceptors (Lipinski definition) is 3. The van der Waals surface area contributed by atoms with Crippen molar-refractivity contribution in [3.05, 3.63) is 29.8 Å². The third-order valence-electron chi connectivity index (χ3n) is 2.98. The van der Waals surface area contributed by atoms with E-state index < -0.39 is 0 Å². The second-order valence-corrected chi connectivity index (χ2v) is 4.53. The molecule has 1 heterocycles. The highest BCUT2D eigenvalue weighted by Crippen LogP contribution is 2.26. The van der Waals surface area contributed by atoms with Crippen molar-refractivity contribution in [3.63, 3.8) is 0 Å². The average molecular weight is 215 g/mol. The minimum absolute atomic E-state index is 0.0401. The number of para-hydroxylation sites is 1. The van der Waals surface area contributed by atoms with E-state index in [0.717, 1.165) is 19.5 Å². The maximum absolute atomic E-state index is 8.87. The molecule has 3 heteroatoms. The molecule has 0 amide bonds. The molecule has 0 saturated heterocycles. The molecule has 2 atom stereocenters. The maximum atomic E-state index is 8.87. The molecule has 1 aromatic rings. The number of benzene rings is 1. The van der Waals surface area contributed by atoms with Crippen LogP contribution in [-0.4, -0.2) is 19.1 Å². The first kappa shape index (κ1) is 11.0. The summed E-state index contributed by atoms with van der Waals surface area (Å²) in [5, 5.41) is 8.87. The van der Waals surface area contributed by atoms with Gasteiger partial charge in [-0.1, -0.05) is 18.2 Å². The van der Waals surface area contributed by atoms with Gasteiger partial charge in [-0.15, -0.1) is 0 Å². The van der Waals surface area contributed by atoms with Gasteiger partial charge in [-0.25, -0.2) is 0 Å². The molecule has 1 aliphatic rings. The Kier molecular flexibility index (Phi) is 3.12. The van der Waals surface area contributed by atoms with E-state index in [9.17, 15) is 0 Å². The summed E-state index contributed by atoms with van der Waals surface area (Å²) in [6, 6.07) is 10.8. The van der Waals surface area contributed by atoms with Crippen LogP contribution in [0.15, 0.2) is 24.3 Å². The predicted molar refractivity (Wildman–Crippen MR) is 65.1 cm³/mol. The van der Waals surface area contributed by atoms with E-state index >= 15 is 0 Å². The fraction of sp³-hybridized carbons (Fsp3) is 0.462. The summed E-state index contributed by atoms with van der Waals surface area (Å²) in [5.41, 5.74) is 8.57. The number of nitriles is 1. The molecule has 0 radical (unpaired) electrons. The van der Waals surface area contributed by atoms with Gasteiger partial charge >= 0.3 is 0 Å². The first-order valence-corrected chi connectivity index (χ1v) is 5.68. The molecule has 2 unspecified atom stereocenters. The molecule has 2 rings (SSSR count). The van der Waals surface area contributed by atoms with E-state index in [-0.39, 0.29) is 12.0 Å². The maximum Gasteiger partial charge on any atom is 0.0671 e. The molecule has 16 heavy (non-hydrogen) atoms. The molecule has 1 aromatic carbocycles. The van der Waals surface area contributed by atoms with Crippen LogP contribution in [-0.2, 0) is 6.42 Å². The quantitative estimate of drug-likeness (QED) is 0.814. The summed E-state index contributed by atoms with van der Waals surface area (Å²) in [4.78, 5) is 2.23. The molecule has 1 aliphatic heterocycles. The summed E-state index contributed by atoms with van der Waals surface area (Å²) in [6.45, 7) is 3.56. The number of nitrogens with zero attached hydrogens (tertiary/aromatic N) is 2. The van der Waals surface area contributed by atoms with Crippen LogP contribution in [0.2, 0.25) is 0 Å². The zero-order valence-corrected chi connectivity index (χ0v) is 9.56. The van der Waals surface area contributed by atoms with E-state index in [1.165, 1.54) is 11.3 Å². The van der Waals surface area contributed by atoms with Crippen LogP contribution in [0.3, 0.4) is 0 Å². The van der Waals surface area contributed by atoms with Crippen LogP contribution in [0.4, 0.5) is 5.69 Å². The lowest BCUT2D eigenvalue weighted by Crippen LogP contribution is -2.44. The van der Waals surface area contributed by atoms with Crippen molar-refractivity contribution in [2.45, 2.75) is 19.4 Å². The van der Waals surface area contributed by atoms with Gasteiger partial charge in [0, 0.05) is 24.8 Å². The van der Waals surface area contributed by atoms with Crippen molar-refractivity contribution in [1.29, 1.82) is 5.26 Å². The molecule has 0 bridgehead atoms. The summed E-state index contributed by atoms with van der Waals surface area (Å²) in [5.74, 6) is 0.0401. The number of rotatable bonds is 2. The number of nitrogens with two attached hydrogens (primary N) is 1. The van der Waals surface area contributed by atoms with Crippen LogP contribution in [0.1, 0.15) is 12.5 Å². The second-order valence-electron chi connectivity index (χ2n) is 4.53. The van der Waals surface area contributed by atoms with Gasteiger partial charge < -0.3 is 10.6 Å². The van der Waals surface area contributed by atoms with E-state index in [2.05, 4.69) is 23.1 Å². The second kappa shape index (κ2) is 4.54. The predicted octanol–water partition coefficient (Wildman–Crippen LogP) is 1.54. The molecule has 0 aromatic heterocycles. The van der Waals surface area contributed by atoms with Gasteiger partial charge in [-0.2, -0.15) is 5.26 Å². The molecular formula is C13H17N3. The lowest BCUT2D eigenvalue weighted by atomic mass is 9.97. The molecule has 84 valence electrons. The first-order valence-electron chi connectivity index (χ1n) is 5.68. The summed E-state index contributed by atoms with van der Waals surface area (Å²) in [7, 11) is 0. The molecular weight excluding hydrogens is 198 g/mol.